The van der Waals surface area contributed by atoms with Gasteiger partial charge in [-0.2, -0.15) is 0 Å². The van der Waals surface area contributed by atoms with E-state index in [2.05, 4.69) is 15.9 Å². The van der Waals surface area contributed by atoms with Gasteiger partial charge in [-0.25, -0.2) is 0 Å². The fraction of sp³-hybridized carbons (Fsp3) is 0.278. The summed E-state index contributed by atoms with van der Waals surface area (Å²) >= 11 is 3.42. The monoisotopic (exact) mass is 374 g/mol. The number of hydrogen-bond acceptors (Lipinski definition) is 3. The van der Waals surface area contributed by atoms with Crippen molar-refractivity contribution < 1.29 is 9.53 Å². The van der Waals surface area contributed by atoms with Gasteiger partial charge in [-0.1, -0.05) is 22.0 Å². The third-order valence-electron chi connectivity index (χ3n) is 4.04. The third kappa shape index (κ3) is 3.74. The average Bonchev–Trinajstić information content (AvgIpc) is 3.03. The number of carbonyl (C=O) groups is 1. The van der Waals surface area contributed by atoms with Crippen LogP contribution in [0.15, 0.2) is 53.0 Å². The molecule has 1 heterocycles. The molecule has 2 N–H and O–H groups in total. The maximum Gasteiger partial charge on any atom is 0.254 e. The van der Waals surface area contributed by atoms with Crippen molar-refractivity contribution in [3.8, 4) is 11.5 Å². The number of hydrogen-bond donors (Lipinski definition) is 1. The summed E-state index contributed by atoms with van der Waals surface area (Å²) in [7, 11) is 0. The number of benzene rings is 2. The number of nitrogens with two attached hydrogens (primary N) is 1. The summed E-state index contributed by atoms with van der Waals surface area (Å²) in [6.45, 7) is 1.31. The summed E-state index contributed by atoms with van der Waals surface area (Å²) in [6, 6.07) is 15.1. The largest absolute Gasteiger partial charge is 0.457 e. The van der Waals surface area contributed by atoms with Crippen LogP contribution in [0.1, 0.15) is 23.2 Å². The van der Waals surface area contributed by atoms with Crippen LogP contribution in [0.25, 0.3) is 0 Å². The molecule has 1 amide bonds. The Morgan fingerprint density at radius 3 is 2.70 bits per heavy atom. The average molecular weight is 375 g/mol. The van der Waals surface area contributed by atoms with Crippen molar-refractivity contribution in [3.05, 3.63) is 58.6 Å². The lowest BCUT2D eigenvalue weighted by Gasteiger charge is -2.23. The van der Waals surface area contributed by atoms with Gasteiger partial charge in [0.05, 0.1) is 0 Å². The Kier molecular flexibility index (Phi) is 4.98. The second-order valence-corrected chi connectivity index (χ2v) is 6.53. The minimum absolute atomic E-state index is 0.0481. The van der Waals surface area contributed by atoms with E-state index < -0.39 is 0 Å². The first-order chi connectivity index (χ1) is 11.2. The zero-order valence-corrected chi connectivity index (χ0v) is 14.3. The van der Waals surface area contributed by atoms with E-state index in [0.29, 0.717) is 17.9 Å². The number of rotatable bonds is 4. The predicted molar refractivity (Wildman–Crippen MR) is 93.8 cm³/mol. The standard InChI is InChI=1S/C18H19BrN2O2/c19-14-3-1-5-17(11-14)23-16-8-6-13(7-9-16)18(22)21-10-2-4-15(21)12-20/h1,3,5-9,11,15H,2,4,10,12,20H2. The molecule has 1 fully saturated rings. The van der Waals surface area contributed by atoms with Gasteiger partial charge in [-0.15, -0.1) is 0 Å². The van der Waals surface area contributed by atoms with Crippen molar-refractivity contribution >= 4 is 21.8 Å². The molecule has 2 aromatic carbocycles. The first kappa shape index (κ1) is 16.0. The van der Waals surface area contributed by atoms with Crippen molar-refractivity contribution in [3.63, 3.8) is 0 Å². The van der Waals surface area contributed by atoms with Gasteiger partial charge < -0.3 is 15.4 Å². The lowest BCUT2D eigenvalue weighted by Crippen LogP contribution is -2.39. The minimum atomic E-state index is 0.0481. The molecule has 4 nitrogen and oxygen atoms in total. The van der Waals surface area contributed by atoms with Crippen LogP contribution in [0.4, 0.5) is 0 Å². The maximum atomic E-state index is 12.6. The molecule has 0 saturated carbocycles. The van der Waals surface area contributed by atoms with Crippen LogP contribution in [0.3, 0.4) is 0 Å². The molecule has 1 saturated heterocycles. The van der Waals surface area contributed by atoms with Crippen LogP contribution in [0.5, 0.6) is 11.5 Å². The quantitative estimate of drug-likeness (QED) is 0.884. The zero-order chi connectivity index (χ0) is 16.2. The number of ether oxygens (including phenoxy) is 1. The van der Waals surface area contributed by atoms with Crippen molar-refractivity contribution in [2.45, 2.75) is 18.9 Å². The molecule has 3 rings (SSSR count). The summed E-state index contributed by atoms with van der Waals surface area (Å²) in [5.74, 6) is 1.50. The van der Waals surface area contributed by atoms with E-state index in [-0.39, 0.29) is 11.9 Å². The fourth-order valence-electron chi connectivity index (χ4n) is 2.85. The second-order valence-electron chi connectivity index (χ2n) is 5.61. The van der Waals surface area contributed by atoms with Gasteiger partial charge in [0.15, 0.2) is 0 Å². The van der Waals surface area contributed by atoms with Crippen LogP contribution in [0, 0.1) is 0 Å². The minimum Gasteiger partial charge on any atom is -0.457 e. The van der Waals surface area contributed by atoms with Gasteiger partial charge in [0, 0.05) is 29.2 Å². The predicted octanol–water partition coefficient (Wildman–Crippen LogP) is 3.80. The zero-order valence-electron chi connectivity index (χ0n) is 12.7. The Morgan fingerprint density at radius 1 is 1.22 bits per heavy atom. The third-order valence-corrected chi connectivity index (χ3v) is 4.54. The Hall–Kier alpha value is -1.85. The molecule has 5 heteroatoms. The van der Waals surface area contributed by atoms with Crippen molar-refractivity contribution in [2.75, 3.05) is 13.1 Å². The van der Waals surface area contributed by atoms with Gasteiger partial charge in [0.25, 0.3) is 5.91 Å². The van der Waals surface area contributed by atoms with E-state index in [4.69, 9.17) is 10.5 Å². The second kappa shape index (κ2) is 7.15. The van der Waals surface area contributed by atoms with Crippen LogP contribution < -0.4 is 10.5 Å². The molecular weight excluding hydrogens is 356 g/mol. The van der Waals surface area contributed by atoms with Gasteiger partial charge >= 0.3 is 0 Å². The topological polar surface area (TPSA) is 55.6 Å². The number of nitrogens with zero attached hydrogens (tertiary/aromatic N) is 1. The molecular formula is C18H19BrN2O2. The summed E-state index contributed by atoms with van der Waals surface area (Å²) in [5, 5.41) is 0. The Balaban J connectivity index is 1.70. The molecule has 23 heavy (non-hydrogen) atoms. The van der Waals surface area contributed by atoms with Crippen LogP contribution in [-0.4, -0.2) is 29.9 Å². The highest BCUT2D eigenvalue weighted by Crippen LogP contribution is 2.25. The molecule has 1 unspecified atom stereocenters. The summed E-state index contributed by atoms with van der Waals surface area (Å²) in [6.07, 6.45) is 2.02. The normalized spacial score (nSPS) is 17.3. The van der Waals surface area contributed by atoms with Gasteiger partial charge in [-0.05, 0) is 55.3 Å². The summed E-state index contributed by atoms with van der Waals surface area (Å²) in [5.41, 5.74) is 6.42. The van der Waals surface area contributed by atoms with Crippen molar-refractivity contribution in [2.24, 2.45) is 5.73 Å². The first-order valence-corrected chi connectivity index (χ1v) is 8.51. The van der Waals surface area contributed by atoms with Crippen molar-refractivity contribution in [1.29, 1.82) is 0 Å². The first-order valence-electron chi connectivity index (χ1n) is 7.72. The van der Waals surface area contributed by atoms with Gasteiger partial charge in [-0.3, -0.25) is 4.79 Å². The Bertz CT molecular complexity index is 688. The summed E-state index contributed by atoms with van der Waals surface area (Å²) < 4.78 is 6.75. The van der Waals surface area contributed by atoms with Crippen LogP contribution in [0.2, 0.25) is 0 Å². The van der Waals surface area contributed by atoms with Crippen LogP contribution in [-0.2, 0) is 0 Å². The van der Waals surface area contributed by atoms with Crippen molar-refractivity contribution in [1.82, 2.24) is 4.90 Å². The highest BCUT2D eigenvalue weighted by Gasteiger charge is 2.28. The molecule has 1 aliphatic rings. The SMILES string of the molecule is NCC1CCCN1C(=O)c1ccc(Oc2cccc(Br)c2)cc1. The van der Waals surface area contributed by atoms with E-state index in [1.54, 1.807) is 0 Å². The highest BCUT2D eigenvalue weighted by molar-refractivity contribution is 9.10. The fourth-order valence-corrected chi connectivity index (χ4v) is 3.22. The van der Waals surface area contributed by atoms with E-state index in [1.165, 1.54) is 0 Å². The van der Waals surface area contributed by atoms with E-state index in [9.17, 15) is 4.79 Å². The van der Waals surface area contributed by atoms with E-state index in [0.717, 1.165) is 29.6 Å². The summed E-state index contributed by atoms with van der Waals surface area (Å²) in [4.78, 5) is 14.4. The van der Waals surface area contributed by atoms with E-state index >= 15 is 0 Å². The molecule has 0 aromatic heterocycles. The molecule has 2 aromatic rings. The number of likely N-dealkylation sites (tertiary alicyclic amines) is 1. The lowest BCUT2D eigenvalue weighted by atomic mass is 10.1. The number of amides is 1. The molecule has 0 radical (unpaired) electrons. The van der Waals surface area contributed by atoms with Gasteiger partial charge in [0.2, 0.25) is 0 Å². The Morgan fingerprint density at radius 2 is 2.00 bits per heavy atom. The molecule has 1 atom stereocenters. The smallest absolute Gasteiger partial charge is 0.254 e. The molecule has 120 valence electrons. The molecule has 0 aliphatic carbocycles. The van der Waals surface area contributed by atoms with Crippen LogP contribution >= 0.6 is 15.9 Å². The molecule has 1 aliphatic heterocycles. The lowest BCUT2D eigenvalue weighted by molar-refractivity contribution is 0.0741. The highest BCUT2D eigenvalue weighted by atomic mass is 79.9. The number of halogens is 1. The molecule has 0 spiro atoms. The van der Waals surface area contributed by atoms with Gasteiger partial charge in [0.1, 0.15) is 11.5 Å². The maximum absolute atomic E-state index is 12.6. The number of carbonyl (C=O) groups excluding carboxylic acids is 1. The molecule has 0 bridgehead atoms. The van der Waals surface area contributed by atoms with E-state index in [1.807, 2.05) is 53.4 Å². The Labute approximate surface area is 144 Å².